The Morgan fingerprint density at radius 1 is 1.21 bits per heavy atom. The molecule has 0 fully saturated rings. The van der Waals surface area contributed by atoms with E-state index in [1.54, 1.807) is 9.58 Å². The van der Waals surface area contributed by atoms with Crippen LogP contribution in [-0.4, -0.2) is 39.0 Å². The molecule has 2 amide bonds. The molecule has 9 nitrogen and oxygen atoms in total. The van der Waals surface area contributed by atoms with Crippen molar-refractivity contribution < 1.29 is 19.1 Å². The smallest absolute Gasteiger partial charge is 0.270 e. The molecule has 0 radical (unpaired) electrons. The second kappa shape index (κ2) is 7.34. The quantitative estimate of drug-likeness (QED) is 0.838. The molecule has 9 heteroatoms. The summed E-state index contributed by atoms with van der Waals surface area (Å²) in [5, 5.41) is 8.41. The summed E-state index contributed by atoms with van der Waals surface area (Å²) < 4.78 is 12.6. The minimum Gasteiger partial charge on any atom is -0.454 e. The molecule has 3 heterocycles. The van der Waals surface area contributed by atoms with E-state index in [4.69, 9.17) is 9.47 Å². The van der Waals surface area contributed by atoms with Crippen LogP contribution in [0.4, 0.5) is 0 Å². The summed E-state index contributed by atoms with van der Waals surface area (Å²) >= 11 is 0. The SMILES string of the molecule is Cc1cc(CN(Cc2ccc3c(c2)OCO3)C(=O)C2=NNC(=O)CC2)nn1C. The Bertz CT molecular complexity index is 946. The first-order valence-electron chi connectivity index (χ1n) is 9.02. The number of hydrogen-bond donors (Lipinski definition) is 1. The lowest BCUT2D eigenvalue weighted by molar-refractivity contribution is -0.125. The van der Waals surface area contributed by atoms with Crippen molar-refractivity contribution in [1.82, 2.24) is 20.1 Å². The second-order valence-electron chi connectivity index (χ2n) is 6.84. The van der Waals surface area contributed by atoms with Gasteiger partial charge in [0.25, 0.3) is 5.91 Å². The fourth-order valence-electron chi connectivity index (χ4n) is 3.18. The van der Waals surface area contributed by atoms with E-state index in [2.05, 4.69) is 15.6 Å². The molecule has 1 N–H and O–H groups in total. The molecule has 4 rings (SSSR count). The van der Waals surface area contributed by atoms with Gasteiger partial charge in [0.2, 0.25) is 12.7 Å². The topological polar surface area (TPSA) is 98.1 Å². The second-order valence-corrected chi connectivity index (χ2v) is 6.84. The van der Waals surface area contributed by atoms with Crippen molar-refractivity contribution in [2.75, 3.05) is 6.79 Å². The Balaban J connectivity index is 1.58. The number of nitrogens with one attached hydrogen (secondary N) is 1. The summed E-state index contributed by atoms with van der Waals surface area (Å²) in [4.78, 5) is 26.1. The molecule has 1 aromatic carbocycles. The summed E-state index contributed by atoms with van der Waals surface area (Å²) in [5.74, 6) is 0.961. The zero-order valence-corrected chi connectivity index (χ0v) is 15.8. The van der Waals surface area contributed by atoms with Crippen molar-refractivity contribution >= 4 is 17.5 Å². The first kappa shape index (κ1) is 18.0. The van der Waals surface area contributed by atoms with Gasteiger partial charge in [0, 0.05) is 32.1 Å². The first-order valence-corrected chi connectivity index (χ1v) is 9.02. The van der Waals surface area contributed by atoms with Gasteiger partial charge in [-0.3, -0.25) is 14.3 Å². The largest absolute Gasteiger partial charge is 0.454 e. The number of carbonyl (C=O) groups is 2. The van der Waals surface area contributed by atoms with Crippen LogP contribution in [0.1, 0.15) is 29.8 Å². The number of carbonyl (C=O) groups excluding carboxylic acids is 2. The third kappa shape index (κ3) is 3.68. The lowest BCUT2D eigenvalue weighted by atomic mass is 10.1. The first-order chi connectivity index (χ1) is 13.5. The third-order valence-electron chi connectivity index (χ3n) is 4.77. The molecule has 0 aliphatic carbocycles. The van der Waals surface area contributed by atoms with Crippen LogP contribution in [0.2, 0.25) is 0 Å². The maximum Gasteiger partial charge on any atom is 0.270 e. The average molecular weight is 383 g/mol. The number of amides is 2. The number of hydrogen-bond acceptors (Lipinski definition) is 6. The van der Waals surface area contributed by atoms with Crippen molar-refractivity contribution in [1.29, 1.82) is 0 Å². The van der Waals surface area contributed by atoms with Gasteiger partial charge < -0.3 is 14.4 Å². The van der Waals surface area contributed by atoms with Crippen LogP contribution in [0.3, 0.4) is 0 Å². The third-order valence-corrected chi connectivity index (χ3v) is 4.77. The average Bonchev–Trinajstić information content (AvgIpc) is 3.27. The molecule has 2 aliphatic rings. The van der Waals surface area contributed by atoms with Gasteiger partial charge in [-0.1, -0.05) is 6.07 Å². The van der Waals surface area contributed by atoms with Gasteiger partial charge in [-0.25, -0.2) is 5.43 Å². The van der Waals surface area contributed by atoms with Crippen molar-refractivity contribution in [2.45, 2.75) is 32.9 Å². The van der Waals surface area contributed by atoms with Crippen LogP contribution < -0.4 is 14.9 Å². The summed E-state index contributed by atoms with van der Waals surface area (Å²) in [6, 6.07) is 7.56. The maximum atomic E-state index is 13.1. The Labute approximate surface area is 161 Å². The number of aryl methyl sites for hydroxylation is 2. The molecule has 1 aromatic heterocycles. The maximum absolute atomic E-state index is 13.1. The highest BCUT2D eigenvalue weighted by molar-refractivity contribution is 6.39. The molecule has 2 aliphatic heterocycles. The molecular formula is C19H21N5O4. The number of benzene rings is 1. The van der Waals surface area contributed by atoms with Gasteiger partial charge in [0.05, 0.1) is 12.2 Å². The van der Waals surface area contributed by atoms with Crippen LogP contribution in [-0.2, 0) is 29.7 Å². The van der Waals surface area contributed by atoms with Crippen LogP contribution in [0.25, 0.3) is 0 Å². The van der Waals surface area contributed by atoms with Gasteiger partial charge in [0.15, 0.2) is 11.5 Å². The molecule has 0 spiro atoms. The highest BCUT2D eigenvalue weighted by Gasteiger charge is 2.25. The molecule has 0 saturated heterocycles. The standard InChI is InChI=1S/C19H21N5O4/c1-12-7-14(22-23(12)2)10-24(19(26)15-4-6-18(25)21-20-15)9-13-3-5-16-17(8-13)28-11-27-16/h3,5,7-8H,4,6,9-11H2,1-2H3,(H,21,25). The van der Waals surface area contributed by atoms with E-state index in [9.17, 15) is 9.59 Å². The highest BCUT2D eigenvalue weighted by Crippen LogP contribution is 2.33. The number of nitrogens with zero attached hydrogens (tertiary/aromatic N) is 4. The molecule has 2 aromatic rings. The van der Waals surface area contributed by atoms with Crippen molar-refractivity contribution in [3.05, 3.63) is 41.2 Å². The van der Waals surface area contributed by atoms with Crippen LogP contribution in [0.15, 0.2) is 29.4 Å². The van der Waals surface area contributed by atoms with Crippen molar-refractivity contribution in [3.63, 3.8) is 0 Å². The summed E-state index contributed by atoms with van der Waals surface area (Å²) in [5.41, 5.74) is 5.43. The Kier molecular flexibility index (Phi) is 4.72. The molecule has 0 bridgehead atoms. The van der Waals surface area contributed by atoms with Gasteiger partial charge >= 0.3 is 0 Å². The van der Waals surface area contributed by atoms with Gasteiger partial charge in [-0.2, -0.15) is 10.2 Å². The minimum absolute atomic E-state index is 0.181. The fraction of sp³-hybridized carbons (Fsp3) is 0.368. The number of ether oxygens (including phenoxy) is 2. The number of rotatable bonds is 5. The zero-order chi connectivity index (χ0) is 19.7. The van der Waals surface area contributed by atoms with Crippen molar-refractivity contribution in [3.8, 4) is 11.5 Å². The van der Waals surface area contributed by atoms with E-state index in [1.165, 1.54) is 0 Å². The Morgan fingerprint density at radius 3 is 2.75 bits per heavy atom. The van der Waals surface area contributed by atoms with E-state index < -0.39 is 0 Å². The number of hydrazone groups is 1. The predicted octanol–water partition coefficient (Wildman–Crippen LogP) is 1.25. The van der Waals surface area contributed by atoms with Crippen LogP contribution in [0.5, 0.6) is 11.5 Å². The predicted molar refractivity (Wildman–Crippen MR) is 99.6 cm³/mol. The van der Waals surface area contributed by atoms with E-state index in [0.717, 1.165) is 17.0 Å². The van der Waals surface area contributed by atoms with Crippen molar-refractivity contribution in [2.24, 2.45) is 12.1 Å². The van der Waals surface area contributed by atoms with E-state index in [1.807, 2.05) is 38.2 Å². The fourth-order valence-corrected chi connectivity index (χ4v) is 3.18. The molecular weight excluding hydrogens is 362 g/mol. The highest BCUT2D eigenvalue weighted by atomic mass is 16.7. The summed E-state index contributed by atoms with van der Waals surface area (Å²) in [7, 11) is 1.86. The molecule has 146 valence electrons. The lowest BCUT2D eigenvalue weighted by Gasteiger charge is -2.24. The minimum atomic E-state index is -0.221. The Hall–Kier alpha value is -3.36. The van der Waals surface area contributed by atoms with Crippen LogP contribution >= 0.6 is 0 Å². The van der Waals surface area contributed by atoms with E-state index >= 15 is 0 Å². The monoisotopic (exact) mass is 383 g/mol. The molecule has 0 unspecified atom stereocenters. The molecule has 0 atom stereocenters. The normalized spacial score (nSPS) is 15.2. The summed E-state index contributed by atoms with van der Waals surface area (Å²) in [6.45, 7) is 2.85. The number of aromatic nitrogens is 2. The van der Waals surface area contributed by atoms with Crippen LogP contribution in [0, 0.1) is 6.92 Å². The molecule has 28 heavy (non-hydrogen) atoms. The van der Waals surface area contributed by atoms with E-state index in [0.29, 0.717) is 36.7 Å². The lowest BCUT2D eigenvalue weighted by Crippen LogP contribution is -2.39. The Morgan fingerprint density at radius 2 is 2.04 bits per heavy atom. The zero-order valence-electron chi connectivity index (χ0n) is 15.8. The van der Waals surface area contributed by atoms with Gasteiger partial charge in [-0.15, -0.1) is 0 Å². The van der Waals surface area contributed by atoms with E-state index in [-0.39, 0.29) is 25.0 Å². The summed E-state index contributed by atoms with van der Waals surface area (Å²) in [6.07, 6.45) is 0.578. The van der Waals surface area contributed by atoms with Gasteiger partial charge in [-0.05, 0) is 30.7 Å². The molecule has 0 saturated carbocycles. The number of fused-ring (bicyclic) bond motifs is 1. The van der Waals surface area contributed by atoms with Gasteiger partial charge in [0.1, 0.15) is 5.71 Å².